The van der Waals surface area contributed by atoms with Crippen molar-refractivity contribution in [3.63, 3.8) is 0 Å². The zero-order valence-electron chi connectivity index (χ0n) is 15.0. The second-order valence-electron chi connectivity index (χ2n) is 6.17. The summed E-state index contributed by atoms with van der Waals surface area (Å²) < 4.78 is 35.5. The van der Waals surface area contributed by atoms with Crippen molar-refractivity contribution in [2.45, 2.75) is 26.2 Å². The Labute approximate surface area is 160 Å². The molecule has 2 atom stereocenters. The van der Waals surface area contributed by atoms with Crippen molar-refractivity contribution in [1.82, 2.24) is 5.32 Å². The number of rotatable bonds is 6. The number of hydrogen-bond acceptors (Lipinski definition) is 4. The molecule has 0 radical (unpaired) electrons. The van der Waals surface area contributed by atoms with Crippen LogP contribution in [0.1, 0.15) is 24.1 Å². The summed E-state index contributed by atoms with van der Waals surface area (Å²) in [5.74, 6) is -1.72. The number of para-hydroxylation sites is 1. The lowest BCUT2D eigenvalue weighted by molar-refractivity contribution is -0.148. The van der Waals surface area contributed by atoms with Gasteiger partial charge in [-0.15, -0.1) is 0 Å². The highest BCUT2D eigenvalue weighted by atomic mass is 19.3. The highest BCUT2D eigenvalue weighted by Gasteiger charge is 2.39. The van der Waals surface area contributed by atoms with E-state index >= 15 is 0 Å². The minimum absolute atomic E-state index is 0.0410. The Morgan fingerprint density at radius 2 is 1.82 bits per heavy atom. The second kappa shape index (κ2) is 8.60. The topological polar surface area (TPSA) is 77.0 Å². The first-order valence-electron chi connectivity index (χ1n) is 8.55. The largest absolute Gasteiger partial charge is 0.460 e. The molecule has 0 aromatic heterocycles. The van der Waals surface area contributed by atoms with Crippen molar-refractivity contribution in [2.24, 2.45) is 10.9 Å². The third-order valence-corrected chi connectivity index (χ3v) is 4.29. The number of benzene rings is 2. The predicted molar refractivity (Wildman–Crippen MR) is 97.2 cm³/mol. The lowest BCUT2D eigenvalue weighted by Crippen LogP contribution is -2.44. The number of carbonyl (C=O) groups excluding carboxylic acids is 2. The van der Waals surface area contributed by atoms with Crippen LogP contribution in [-0.2, 0) is 16.1 Å². The van der Waals surface area contributed by atoms with E-state index < -0.39 is 30.6 Å². The number of nitrogens with zero attached hydrogens (tertiary/aromatic N) is 1. The third kappa shape index (κ3) is 4.51. The number of hydrogen-bond donors (Lipinski definition) is 1. The maximum absolute atomic E-state index is 12.8. The molecule has 1 N–H and O–H groups in total. The molecule has 6 nitrogen and oxygen atoms in total. The summed E-state index contributed by atoms with van der Waals surface area (Å²) in [6.07, 6.45) is 0. The molecule has 0 aliphatic carbocycles. The summed E-state index contributed by atoms with van der Waals surface area (Å²) >= 11 is 0. The molecule has 0 saturated carbocycles. The Hall–Kier alpha value is -3.29. The maximum atomic E-state index is 12.8. The number of nitrogens with one attached hydrogen (secondary N) is 1. The van der Waals surface area contributed by atoms with E-state index in [0.717, 1.165) is 5.56 Å². The Morgan fingerprint density at radius 3 is 2.54 bits per heavy atom. The molecule has 3 rings (SSSR count). The van der Waals surface area contributed by atoms with Crippen LogP contribution in [0.4, 0.5) is 13.6 Å². The molecule has 146 valence electrons. The zero-order chi connectivity index (χ0) is 20.1. The molecule has 1 heterocycles. The molecule has 8 heteroatoms. The van der Waals surface area contributed by atoms with Crippen molar-refractivity contribution in [1.29, 1.82) is 0 Å². The number of amides is 2. The number of alkyl halides is 2. The molecular weight excluding hydrogens is 370 g/mol. The standard InChI is InChI=1S/C20H18F2N2O4/c1-12-16(18(25)27-11-13-7-3-2-4-8-13)17(24-20(26)23-12)14-9-5-6-10-15(14)28-19(21)22/h2-10,16-17,19H,11H2,1H3,(H,24,26). The maximum Gasteiger partial charge on any atom is 0.387 e. The first kappa shape index (κ1) is 19.5. The smallest absolute Gasteiger partial charge is 0.387 e. The molecule has 0 spiro atoms. The Morgan fingerprint density at radius 1 is 1.14 bits per heavy atom. The second-order valence-corrected chi connectivity index (χ2v) is 6.17. The molecular formula is C20H18F2N2O4. The van der Waals surface area contributed by atoms with Gasteiger partial charge in [-0.1, -0.05) is 48.5 Å². The van der Waals surface area contributed by atoms with Crippen LogP contribution in [0.2, 0.25) is 0 Å². The van der Waals surface area contributed by atoms with Gasteiger partial charge < -0.3 is 14.8 Å². The molecule has 0 fully saturated rings. The third-order valence-electron chi connectivity index (χ3n) is 4.29. The van der Waals surface area contributed by atoms with Gasteiger partial charge in [-0.2, -0.15) is 8.78 Å². The van der Waals surface area contributed by atoms with Crippen molar-refractivity contribution in [3.05, 3.63) is 65.7 Å². The summed E-state index contributed by atoms with van der Waals surface area (Å²) in [5, 5.41) is 2.55. The molecule has 1 aliphatic heterocycles. The minimum Gasteiger partial charge on any atom is -0.460 e. The van der Waals surface area contributed by atoms with E-state index in [-0.39, 0.29) is 23.6 Å². The Bertz CT molecular complexity index is 887. The average molecular weight is 388 g/mol. The van der Waals surface area contributed by atoms with E-state index in [1.165, 1.54) is 25.1 Å². The van der Waals surface area contributed by atoms with Gasteiger partial charge in [0.05, 0.1) is 6.04 Å². The van der Waals surface area contributed by atoms with E-state index in [1.807, 2.05) is 18.2 Å². The van der Waals surface area contributed by atoms with E-state index in [0.29, 0.717) is 0 Å². The summed E-state index contributed by atoms with van der Waals surface area (Å²) in [5.41, 5.74) is 1.27. The van der Waals surface area contributed by atoms with Crippen molar-refractivity contribution in [3.8, 4) is 5.75 Å². The van der Waals surface area contributed by atoms with Crippen molar-refractivity contribution >= 4 is 17.7 Å². The molecule has 0 bridgehead atoms. The highest BCUT2D eigenvalue weighted by molar-refractivity contribution is 6.08. The monoisotopic (exact) mass is 388 g/mol. The van der Waals surface area contributed by atoms with E-state index in [2.05, 4.69) is 15.0 Å². The first-order valence-corrected chi connectivity index (χ1v) is 8.55. The van der Waals surface area contributed by atoms with Gasteiger partial charge in [-0.05, 0) is 18.6 Å². The SMILES string of the molecule is CC1=NC(=O)NC(c2ccccc2OC(F)F)C1C(=O)OCc1ccccc1. The van der Waals surface area contributed by atoms with E-state index in [9.17, 15) is 18.4 Å². The van der Waals surface area contributed by atoms with Crippen LogP contribution in [0.15, 0.2) is 59.6 Å². The normalized spacial score (nSPS) is 19.0. The molecule has 2 aromatic rings. The Kier molecular flexibility index (Phi) is 5.98. The lowest BCUT2D eigenvalue weighted by atomic mass is 9.88. The van der Waals surface area contributed by atoms with E-state index in [1.54, 1.807) is 18.2 Å². The fraction of sp³-hybridized carbons (Fsp3) is 0.250. The number of carbonyl (C=O) groups is 2. The number of esters is 1. The minimum atomic E-state index is -3.04. The average Bonchev–Trinajstić information content (AvgIpc) is 2.66. The van der Waals surface area contributed by atoms with Crippen LogP contribution in [0.3, 0.4) is 0 Å². The summed E-state index contributed by atoms with van der Waals surface area (Å²) in [4.78, 5) is 28.4. The van der Waals surface area contributed by atoms with Gasteiger partial charge in [0.15, 0.2) is 0 Å². The van der Waals surface area contributed by atoms with Gasteiger partial charge in [-0.3, -0.25) is 4.79 Å². The van der Waals surface area contributed by atoms with Crippen LogP contribution < -0.4 is 10.1 Å². The van der Waals surface area contributed by atoms with Gasteiger partial charge in [0.2, 0.25) is 0 Å². The highest BCUT2D eigenvalue weighted by Crippen LogP contribution is 2.34. The van der Waals surface area contributed by atoms with Crippen molar-refractivity contribution < 1.29 is 27.8 Å². The molecule has 1 aliphatic rings. The predicted octanol–water partition coefficient (Wildman–Crippen LogP) is 3.87. The number of halogens is 2. The lowest BCUT2D eigenvalue weighted by Gasteiger charge is -2.30. The Balaban J connectivity index is 1.87. The number of ether oxygens (including phenoxy) is 2. The van der Waals surface area contributed by atoms with Gasteiger partial charge in [0.25, 0.3) is 0 Å². The summed E-state index contributed by atoms with van der Waals surface area (Å²) in [7, 11) is 0. The van der Waals surface area contributed by atoms with Crippen LogP contribution in [-0.4, -0.2) is 24.3 Å². The van der Waals surface area contributed by atoms with Gasteiger partial charge in [0.1, 0.15) is 18.3 Å². The number of aliphatic imine (C=N–C) groups is 1. The molecule has 2 unspecified atom stereocenters. The molecule has 2 aromatic carbocycles. The molecule has 2 amide bonds. The summed E-state index contributed by atoms with van der Waals surface area (Å²) in [6.45, 7) is -1.48. The van der Waals surface area contributed by atoms with Gasteiger partial charge in [-0.25, -0.2) is 9.79 Å². The summed E-state index contributed by atoms with van der Waals surface area (Å²) in [6, 6.07) is 13.5. The van der Waals surface area contributed by atoms with Gasteiger partial charge >= 0.3 is 18.6 Å². The fourth-order valence-corrected chi connectivity index (χ4v) is 3.04. The number of urea groups is 1. The quantitative estimate of drug-likeness (QED) is 0.762. The first-order chi connectivity index (χ1) is 13.5. The zero-order valence-corrected chi connectivity index (χ0v) is 15.0. The van der Waals surface area contributed by atoms with Crippen LogP contribution in [0.25, 0.3) is 0 Å². The molecule has 0 saturated heterocycles. The van der Waals surface area contributed by atoms with Crippen molar-refractivity contribution in [2.75, 3.05) is 0 Å². The van der Waals surface area contributed by atoms with Crippen LogP contribution >= 0.6 is 0 Å². The van der Waals surface area contributed by atoms with Crippen LogP contribution in [0, 0.1) is 5.92 Å². The molecule has 28 heavy (non-hydrogen) atoms. The van der Waals surface area contributed by atoms with Gasteiger partial charge in [0, 0.05) is 11.3 Å². The fourth-order valence-electron chi connectivity index (χ4n) is 3.04. The van der Waals surface area contributed by atoms with E-state index in [4.69, 9.17) is 4.74 Å². The van der Waals surface area contributed by atoms with Crippen LogP contribution in [0.5, 0.6) is 5.75 Å².